The number of hydrogen-bond donors (Lipinski definition) is 2. The van der Waals surface area contributed by atoms with Gasteiger partial charge in [-0.1, -0.05) is 12.8 Å². The van der Waals surface area contributed by atoms with Crippen molar-refractivity contribution in [3.05, 3.63) is 0 Å². The van der Waals surface area contributed by atoms with Crippen molar-refractivity contribution < 1.29 is 14.3 Å². The number of amides is 1. The summed E-state index contributed by atoms with van der Waals surface area (Å²) in [5, 5.41) is 6.54. The van der Waals surface area contributed by atoms with Crippen LogP contribution in [0.1, 0.15) is 64.2 Å². The van der Waals surface area contributed by atoms with Gasteiger partial charge < -0.3 is 20.3 Å². The zero-order valence-electron chi connectivity index (χ0n) is 17.2. The molecular weight excluding hydrogens is 344 g/mol. The molecule has 0 aromatic carbocycles. The van der Waals surface area contributed by atoms with Gasteiger partial charge in [0.1, 0.15) is 6.10 Å². The summed E-state index contributed by atoms with van der Waals surface area (Å²) in [6.07, 6.45) is 9.63. The zero-order valence-corrected chi connectivity index (χ0v) is 17.2. The highest BCUT2D eigenvalue weighted by molar-refractivity contribution is 5.85. The quantitative estimate of drug-likeness (QED) is 0.291. The number of hydrogen-bond acceptors (Lipinski definition) is 4. The lowest BCUT2D eigenvalue weighted by Gasteiger charge is -2.31. The molecule has 2 saturated carbocycles. The minimum atomic E-state index is -0.327. The van der Waals surface area contributed by atoms with E-state index in [2.05, 4.69) is 15.6 Å². The molecule has 2 aliphatic rings. The molecule has 0 heterocycles. The van der Waals surface area contributed by atoms with Gasteiger partial charge in [0.25, 0.3) is 0 Å². The molecule has 0 saturated heterocycles. The first kappa shape index (κ1) is 21.5. The maximum atomic E-state index is 12.6. The third kappa shape index (κ3) is 6.40. The van der Waals surface area contributed by atoms with Crippen molar-refractivity contribution in [3.8, 4) is 0 Å². The summed E-state index contributed by atoms with van der Waals surface area (Å²) in [6.45, 7) is 1.24. The standard InChI is InChI=1S/C20H36N4O3/c1-21-19(22-14-8-11-17(25)27-16-9-4-5-10-16)23-15-20(12-6-7-13-20)18(26)24(2)3/h16H,4-15H2,1-3H3,(H2,21,22,23). The number of esters is 1. The molecule has 2 N–H and O–H groups in total. The SMILES string of the molecule is CN=C(NCCCC(=O)OC1CCCC1)NCC1(C(=O)N(C)C)CCCC1. The zero-order chi connectivity index (χ0) is 19.7. The number of guanidine groups is 1. The van der Waals surface area contributed by atoms with Crippen molar-refractivity contribution in [2.75, 3.05) is 34.2 Å². The first-order chi connectivity index (χ1) is 13.0. The summed E-state index contributed by atoms with van der Waals surface area (Å²) in [4.78, 5) is 30.4. The predicted molar refractivity (Wildman–Crippen MR) is 107 cm³/mol. The largest absolute Gasteiger partial charge is 0.462 e. The second kappa shape index (κ2) is 10.5. The number of carbonyl (C=O) groups excluding carboxylic acids is 2. The van der Waals surface area contributed by atoms with Crippen molar-refractivity contribution >= 4 is 17.8 Å². The normalized spacial score (nSPS) is 19.7. The molecule has 154 valence electrons. The highest BCUT2D eigenvalue weighted by Gasteiger charge is 2.42. The van der Waals surface area contributed by atoms with Crippen LogP contribution in [-0.4, -0.2) is 63.1 Å². The molecule has 2 aliphatic carbocycles. The molecule has 0 spiro atoms. The highest BCUT2D eigenvalue weighted by Crippen LogP contribution is 2.38. The molecule has 0 atom stereocenters. The minimum Gasteiger partial charge on any atom is -0.462 e. The van der Waals surface area contributed by atoms with E-state index in [1.807, 2.05) is 14.1 Å². The van der Waals surface area contributed by atoms with Gasteiger partial charge in [-0.05, 0) is 44.9 Å². The number of nitrogens with one attached hydrogen (secondary N) is 2. The fourth-order valence-electron chi connectivity index (χ4n) is 4.16. The van der Waals surface area contributed by atoms with E-state index in [4.69, 9.17) is 4.74 Å². The second-order valence-corrected chi connectivity index (χ2v) is 8.04. The van der Waals surface area contributed by atoms with E-state index < -0.39 is 0 Å². The fourth-order valence-corrected chi connectivity index (χ4v) is 4.16. The van der Waals surface area contributed by atoms with Crippen molar-refractivity contribution in [2.24, 2.45) is 10.4 Å². The highest BCUT2D eigenvalue weighted by atomic mass is 16.5. The van der Waals surface area contributed by atoms with Gasteiger partial charge in [0.05, 0.1) is 5.41 Å². The average molecular weight is 381 g/mol. The Kier molecular flexibility index (Phi) is 8.38. The van der Waals surface area contributed by atoms with Crippen LogP contribution in [0.5, 0.6) is 0 Å². The Labute approximate surface area is 163 Å². The van der Waals surface area contributed by atoms with Crippen LogP contribution >= 0.6 is 0 Å². The van der Waals surface area contributed by atoms with Crippen LogP contribution in [0.2, 0.25) is 0 Å². The number of carbonyl (C=O) groups is 2. The molecule has 0 unspecified atom stereocenters. The molecular formula is C20H36N4O3. The lowest BCUT2D eigenvalue weighted by atomic mass is 9.84. The number of aliphatic imine (C=N–C) groups is 1. The van der Waals surface area contributed by atoms with E-state index in [9.17, 15) is 9.59 Å². The summed E-state index contributed by atoms with van der Waals surface area (Å²) >= 11 is 0. The van der Waals surface area contributed by atoms with E-state index >= 15 is 0 Å². The van der Waals surface area contributed by atoms with Gasteiger partial charge in [0.15, 0.2) is 5.96 Å². The molecule has 0 bridgehead atoms. The fraction of sp³-hybridized carbons (Fsp3) is 0.850. The monoisotopic (exact) mass is 380 g/mol. The van der Waals surface area contributed by atoms with Gasteiger partial charge in [0.2, 0.25) is 5.91 Å². The molecule has 2 fully saturated rings. The minimum absolute atomic E-state index is 0.104. The molecule has 0 radical (unpaired) electrons. The summed E-state index contributed by atoms with van der Waals surface area (Å²) in [6, 6.07) is 0. The van der Waals surface area contributed by atoms with Crippen LogP contribution in [0.15, 0.2) is 4.99 Å². The van der Waals surface area contributed by atoms with Crippen LogP contribution in [0, 0.1) is 5.41 Å². The molecule has 0 aliphatic heterocycles. The van der Waals surface area contributed by atoms with Crippen molar-refractivity contribution in [1.82, 2.24) is 15.5 Å². The second-order valence-electron chi connectivity index (χ2n) is 8.04. The van der Waals surface area contributed by atoms with Gasteiger partial charge in [-0.3, -0.25) is 14.6 Å². The molecule has 0 aromatic heterocycles. The van der Waals surface area contributed by atoms with Gasteiger partial charge >= 0.3 is 5.97 Å². The van der Waals surface area contributed by atoms with E-state index in [1.165, 1.54) is 12.8 Å². The Balaban J connectivity index is 1.69. The number of nitrogens with zero attached hydrogens (tertiary/aromatic N) is 2. The lowest BCUT2D eigenvalue weighted by molar-refractivity contribution is -0.148. The number of ether oxygens (including phenoxy) is 1. The summed E-state index contributed by atoms with van der Waals surface area (Å²) in [5.41, 5.74) is -0.327. The maximum absolute atomic E-state index is 12.6. The van der Waals surface area contributed by atoms with E-state index in [0.29, 0.717) is 31.9 Å². The first-order valence-electron chi connectivity index (χ1n) is 10.3. The summed E-state index contributed by atoms with van der Waals surface area (Å²) < 4.78 is 5.47. The van der Waals surface area contributed by atoms with Crippen molar-refractivity contribution in [3.63, 3.8) is 0 Å². The summed E-state index contributed by atoms with van der Waals surface area (Å²) in [5.74, 6) is 0.766. The lowest BCUT2D eigenvalue weighted by Crippen LogP contribution is -2.49. The Morgan fingerprint density at radius 3 is 2.37 bits per heavy atom. The molecule has 27 heavy (non-hydrogen) atoms. The molecule has 7 heteroatoms. The van der Waals surface area contributed by atoms with E-state index in [-0.39, 0.29) is 23.4 Å². The van der Waals surface area contributed by atoms with E-state index in [1.54, 1.807) is 11.9 Å². The maximum Gasteiger partial charge on any atom is 0.306 e. The number of rotatable bonds is 8. The molecule has 2 rings (SSSR count). The van der Waals surface area contributed by atoms with Gasteiger partial charge in [-0.15, -0.1) is 0 Å². The van der Waals surface area contributed by atoms with Crippen molar-refractivity contribution in [2.45, 2.75) is 70.3 Å². The van der Waals surface area contributed by atoms with Gasteiger partial charge in [0, 0.05) is 40.7 Å². The predicted octanol–water partition coefficient (Wildman–Crippen LogP) is 2.07. The topological polar surface area (TPSA) is 83.0 Å². The van der Waals surface area contributed by atoms with Crippen LogP contribution < -0.4 is 10.6 Å². The average Bonchev–Trinajstić information content (AvgIpc) is 3.33. The van der Waals surface area contributed by atoms with E-state index in [0.717, 1.165) is 38.5 Å². The van der Waals surface area contributed by atoms with Crippen LogP contribution in [0.3, 0.4) is 0 Å². The van der Waals surface area contributed by atoms with Crippen LogP contribution in [-0.2, 0) is 14.3 Å². The third-order valence-electron chi connectivity index (χ3n) is 5.69. The Morgan fingerprint density at radius 2 is 1.78 bits per heavy atom. The molecule has 0 aromatic rings. The first-order valence-corrected chi connectivity index (χ1v) is 10.3. The Bertz CT molecular complexity index is 521. The van der Waals surface area contributed by atoms with Gasteiger partial charge in [-0.2, -0.15) is 0 Å². The van der Waals surface area contributed by atoms with Crippen LogP contribution in [0.25, 0.3) is 0 Å². The van der Waals surface area contributed by atoms with Gasteiger partial charge in [-0.25, -0.2) is 0 Å². The Hall–Kier alpha value is -1.79. The van der Waals surface area contributed by atoms with Crippen LogP contribution in [0.4, 0.5) is 0 Å². The molecule has 7 nitrogen and oxygen atoms in total. The van der Waals surface area contributed by atoms with Crippen molar-refractivity contribution in [1.29, 1.82) is 0 Å². The third-order valence-corrected chi connectivity index (χ3v) is 5.69. The summed E-state index contributed by atoms with van der Waals surface area (Å²) in [7, 11) is 5.36. The molecule has 1 amide bonds. The smallest absolute Gasteiger partial charge is 0.306 e. The Morgan fingerprint density at radius 1 is 1.11 bits per heavy atom.